The summed E-state index contributed by atoms with van der Waals surface area (Å²) in [4.78, 5) is 0. The molecule has 0 bridgehead atoms. The fourth-order valence-electron chi connectivity index (χ4n) is 1.02. The zero-order valence-corrected chi connectivity index (χ0v) is 6.00. The highest BCUT2D eigenvalue weighted by Crippen LogP contribution is 2.34. The number of alkyl halides is 2. The molecule has 0 N–H and O–H groups in total. The molecule has 0 amide bonds. The van der Waals surface area contributed by atoms with Crippen molar-refractivity contribution in [3.63, 3.8) is 0 Å². The maximum atomic E-state index is 12.3. The van der Waals surface area contributed by atoms with Gasteiger partial charge in [-0.05, 0) is 12.8 Å². The van der Waals surface area contributed by atoms with Crippen LogP contribution in [0, 0.1) is 0 Å². The van der Waals surface area contributed by atoms with Crippen LogP contribution in [-0.2, 0) is 0 Å². The predicted octanol–water partition coefficient (Wildman–Crippen LogP) is 2.49. The lowest BCUT2D eigenvalue weighted by atomic mass is 9.96. The van der Waals surface area contributed by atoms with E-state index >= 15 is 0 Å². The van der Waals surface area contributed by atoms with Gasteiger partial charge in [-0.2, -0.15) is 12.6 Å². The molecule has 0 radical (unpaired) electrons. The Hall–Kier alpha value is 0.210. The first kappa shape index (κ1) is 7.32. The number of hydrogen-bond acceptors (Lipinski definition) is 1. The van der Waals surface area contributed by atoms with Crippen LogP contribution in [0.5, 0.6) is 0 Å². The molecule has 3 heteroatoms. The minimum atomic E-state index is -2.39. The third-order valence-corrected chi connectivity index (χ3v) is 2.20. The molecular formula is C6H10F2S. The van der Waals surface area contributed by atoms with E-state index in [1.54, 1.807) is 0 Å². The molecule has 0 unspecified atom stereocenters. The molecule has 1 aliphatic rings. The van der Waals surface area contributed by atoms with E-state index in [9.17, 15) is 8.78 Å². The predicted molar refractivity (Wildman–Crippen MR) is 36.2 cm³/mol. The van der Waals surface area contributed by atoms with Crippen LogP contribution >= 0.6 is 12.6 Å². The molecule has 0 aromatic rings. The van der Waals surface area contributed by atoms with E-state index in [1.807, 2.05) is 0 Å². The Morgan fingerprint density at radius 1 is 1.22 bits per heavy atom. The largest absolute Gasteiger partial charge is 0.248 e. The summed E-state index contributed by atoms with van der Waals surface area (Å²) in [6, 6.07) is 0. The van der Waals surface area contributed by atoms with Gasteiger partial charge in [0, 0.05) is 18.1 Å². The first-order valence-corrected chi connectivity index (χ1v) is 3.68. The third kappa shape index (κ3) is 2.12. The van der Waals surface area contributed by atoms with E-state index in [2.05, 4.69) is 12.6 Å². The summed E-state index contributed by atoms with van der Waals surface area (Å²) >= 11 is 4.11. The number of hydrogen-bond donors (Lipinski definition) is 1. The monoisotopic (exact) mass is 152 g/mol. The van der Waals surface area contributed by atoms with Crippen molar-refractivity contribution in [2.24, 2.45) is 0 Å². The minimum absolute atomic E-state index is 0.0289. The summed E-state index contributed by atoms with van der Waals surface area (Å²) in [5, 5.41) is 0.213. The Kier molecular flexibility index (Phi) is 1.99. The molecular weight excluding hydrogens is 142 g/mol. The van der Waals surface area contributed by atoms with Gasteiger partial charge >= 0.3 is 0 Å². The maximum Gasteiger partial charge on any atom is 0.248 e. The van der Waals surface area contributed by atoms with Gasteiger partial charge in [0.1, 0.15) is 0 Å². The van der Waals surface area contributed by atoms with Gasteiger partial charge in [0.2, 0.25) is 5.92 Å². The molecule has 0 saturated heterocycles. The van der Waals surface area contributed by atoms with Crippen LogP contribution in [0.3, 0.4) is 0 Å². The van der Waals surface area contributed by atoms with Crippen molar-refractivity contribution in [2.45, 2.75) is 36.9 Å². The van der Waals surface area contributed by atoms with Crippen LogP contribution in [0.4, 0.5) is 8.78 Å². The lowest BCUT2D eigenvalue weighted by molar-refractivity contribution is -0.0322. The summed E-state index contributed by atoms with van der Waals surface area (Å²) in [6.07, 6.45) is 1.19. The summed E-state index contributed by atoms with van der Waals surface area (Å²) < 4.78 is 24.7. The van der Waals surface area contributed by atoms with Crippen molar-refractivity contribution >= 4 is 12.6 Å². The average Bonchev–Trinajstić information content (AvgIpc) is 1.78. The molecule has 1 rings (SSSR count). The lowest BCUT2D eigenvalue weighted by Gasteiger charge is -2.24. The summed E-state index contributed by atoms with van der Waals surface area (Å²) in [6.45, 7) is 0. The first-order chi connectivity index (χ1) is 4.10. The van der Waals surface area contributed by atoms with Crippen LogP contribution in [0.2, 0.25) is 0 Å². The Morgan fingerprint density at radius 2 is 1.67 bits per heavy atom. The zero-order chi connectivity index (χ0) is 6.91. The Bertz CT molecular complexity index is 93.2. The lowest BCUT2D eigenvalue weighted by Crippen LogP contribution is -2.24. The number of halogens is 2. The Labute approximate surface area is 59.0 Å². The number of thiol groups is 1. The molecule has 1 saturated carbocycles. The summed E-state index contributed by atoms with van der Waals surface area (Å²) in [5.74, 6) is -2.39. The van der Waals surface area contributed by atoms with E-state index in [4.69, 9.17) is 0 Å². The topological polar surface area (TPSA) is 0 Å². The van der Waals surface area contributed by atoms with E-state index in [0.717, 1.165) is 0 Å². The van der Waals surface area contributed by atoms with Gasteiger partial charge in [-0.15, -0.1) is 0 Å². The van der Waals surface area contributed by atoms with Gasteiger partial charge in [-0.1, -0.05) is 0 Å². The van der Waals surface area contributed by atoms with Crippen molar-refractivity contribution in [1.29, 1.82) is 0 Å². The summed E-state index contributed by atoms with van der Waals surface area (Å²) in [7, 11) is 0. The van der Waals surface area contributed by atoms with Crippen molar-refractivity contribution in [1.82, 2.24) is 0 Å². The van der Waals surface area contributed by atoms with Crippen molar-refractivity contribution in [3.8, 4) is 0 Å². The van der Waals surface area contributed by atoms with E-state index in [-0.39, 0.29) is 18.1 Å². The molecule has 54 valence electrons. The molecule has 0 atom stereocenters. The highest BCUT2D eigenvalue weighted by Gasteiger charge is 2.33. The molecule has 0 aromatic carbocycles. The average molecular weight is 152 g/mol. The van der Waals surface area contributed by atoms with E-state index < -0.39 is 5.92 Å². The molecule has 1 fully saturated rings. The van der Waals surface area contributed by atoms with Gasteiger partial charge < -0.3 is 0 Å². The van der Waals surface area contributed by atoms with E-state index in [0.29, 0.717) is 12.8 Å². The van der Waals surface area contributed by atoms with E-state index in [1.165, 1.54) is 0 Å². The Balaban J connectivity index is 2.35. The van der Waals surface area contributed by atoms with Crippen LogP contribution in [0.1, 0.15) is 25.7 Å². The fraction of sp³-hybridized carbons (Fsp3) is 1.00. The Morgan fingerprint density at radius 3 is 2.00 bits per heavy atom. The first-order valence-electron chi connectivity index (χ1n) is 3.16. The highest BCUT2D eigenvalue weighted by molar-refractivity contribution is 7.80. The molecule has 0 aliphatic heterocycles. The third-order valence-electron chi connectivity index (χ3n) is 1.69. The quantitative estimate of drug-likeness (QED) is 0.506. The molecule has 0 nitrogen and oxygen atoms in total. The van der Waals surface area contributed by atoms with Crippen LogP contribution in [-0.4, -0.2) is 11.2 Å². The van der Waals surface area contributed by atoms with Gasteiger partial charge in [0.15, 0.2) is 0 Å². The second kappa shape index (κ2) is 2.45. The molecule has 9 heavy (non-hydrogen) atoms. The van der Waals surface area contributed by atoms with Crippen LogP contribution in [0.15, 0.2) is 0 Å². The van der Waals surface area contributed by atoms with Crippen LogP contribution < -0.4 is 0 Å². The second-order valence-corrected chi connectivity index (χ2v) is 3.32. The van der Waals surface area contributed by atoms with Crippen molar-refractivity contribution < 1.29 is 8.78 Å². The highest BCUT2D eigenvalue weighted by atomic mass is 32.1. The molecule has 0 spiro atoms. The second-order valence-electron chi connectivity index (χ2n) is 2.59. The SMILES string of the molecule is FC1(F)CCC(S)CC1. The van der Waals surface area contributed by atoms with Crippen molar-refractivity contribution in [3.05, 3.63) is 0 Å². The molecule has 0 heterocycles. The maximum absolute atomic E-state index is 12.3. The standard InChI is InChI=1S/C6H10F2S/c7-6(8)3-1-5(9)2-4-6/h5,9H,1-4H2. The fourth-order valence-corrected chi connectivity index (χ4v) is 1.28. The molecule has 0 aromatic heterocycles. The number of rotatable bonds is 0. The van der Waals surface area contributed by atoms with Gasteiger partial charge in [-0.25, -0.2) is 8.78 Å². The molecule has 1 aliphatic carbocycles. The normalized spacial score (nSPS) is 28.3. The smallest absolute Gasteiger partial charge is 0.207 e. The minimum Gasteiger partial charge on any atom is -0.207 e. The van der Waals surface area contributed by atoms with Crippen LogP contribution in [0.25, 0.3) is 0 Å². The van der Waals surface area contributed by atoms with Gasteiger partial charge in [-0.3, -0.25) is 0 Å². The van der Waals surface area contributed by atoms with Gasteiger partial charge in [0.25, 0.3) is 0 Å². The van der Waals surface area contributed by atoms with Gasteiger partial charge in [0.05, 0.1) is 0 Å². The zero-order valence-electron chi connectivity index (χ0n) is 5.11. The van der Waals surface area contributed by atoms with Crippen molar-refractivity contribution in [2.75, 3.05) is 0 Å². The summed E-state index contributed by atoms with van der Waals surface area (Å²) in [5.41, 5.74) is 0.